The first-order chi connectivity index (χ1) is 4.27. The fourth-order valence-electron chi connectivity index (χ4n) is 0. The van der Waals surface area contributed by atoms with Crippen molar-refractivity contribution in [3.8, 4) is 0 Å². The molecule has 0 aliphatic carbocycles. The van der Waals surface area contributed by atoms with E-state index in [9.17, 15) is 0 Å². The molecular weight excluding hydrogens is 176 g/mol. The molecule has 0 bridgehead atoms. The number of aliphatic hydroxyl groups is 1. The SMILES string of the molecule is CCC(C)O.O=S(O)(O)=S. The first-order valence-electron chi connectivity index (χ1n) is 2.65. The van der Waals surface area contributed by atoms with E-state index in [-0.39, 0.29) is 6.10 Å². The molecule has 6 heteroatoms. The third-order valence-corrected chi connectivity index (χ3v) is 0.591. The van der Waals surface area contributed by atoms with Crippen LogP contribution in [-0.4, -0.2) is 24.5 Å². The Balaban J connectivity index is 0. The summed E-state index contributed by atoms with van der Waals surface area (Å²) in [5.41, 5.74) is 0. The summed E-state index contributed by atoms with van der Waals surface area (Å²) in [5.74, 6) is 0. The number of hydrogen-bond donors (Lipinski definition) is 3. The van der Waals surface area contributed by atoms with E-state index in [1.807, 2.05) is 6.92 Å². The molecule has 0 aromatic rings. The van der Waals surface area contributed by atoms with E-state index in [0.717, 1.165) is 6.42 Å². The zero-order valence-electron chi connectivity index (χ0n) is 5.85. The minimum Gasteiger partial charge on any atom is -0.393 e. The maximum Gasteiger partial charge on any atom is 0.263 e. The van der Waals surface area contributed by atoms with Gasteiger partial charge in [-0.3, -0.25) is 9.11 Å². The Morgan fingerprint density at radius 2 is 1.70 bits per heavy atom. The standard InChI is InChI=1S/C4H10O.H2O3S2/c1-3-4(2)5;1-5(2,3)4/h4-5H,3H2,1-2H3;(H2,1,2,3,4). The van der Waals surface area contributed by atoms with Gasteiger partial charge in [-0.15, -0.1) is 0 Å². The van der Waals surface area contributed by atoms with Crippen molar-refractivity contribution < 1.29 is 18.4 Å². The normalized spacial score (nSPS) is 13.3. The summed E-state index contributed by atoms with van der Waals surface area (Å²) in [5, 5.41) is 8.36. The highest BCUT2D eigenvalue weighted by Gasteiger charge is 1.81. The molecule has 0 saturated heterocycles. The predicted molar refractivity (Wildman–Crippen MR) is 42.7 cm³/mol. The van der Waals surface area contributed by atoms with Gasteiger partial charge in [-0.25, -0.2) is 0 Å². The topological polar surface area (TPSA) is 77.8 Å². The second-order valence-corrected chi connectivity index (χ2v) is 3.90. The molecule has 0 heterocycles. The zero-order valence-corrected chi connectivity index (χ0v) is 7.48. The van der Waals surface area contributed by atoms with E-state index in [4.69, 9.17) is 18.4 Å². The van der Waals surface area contributed by atoms with Crippen molar-refractivity contribution in [1.29, 1.82) is 0 Å². The molecule has 1 atom stereocenters. The van der Waals surface area contributed by atoms with Crippen LogP contribution < -0.4 is 0 Å². The van der Waals surface area contributed by atoms with Gasteiger partial charge >= 0.3 is 0 Å². The van der Waals surface area contributed by atoms with Gasteiger partial charge in [0.2, 0.25) is 0 Å². The molecule has 0 fully saturated rings. The lowest BCUT2D eigenvalue weighted by Gasteiger charge is -1.90. The van der Waals surface area contributed by atoms with Crippen LogP contribution in [0.3, 0.4) is 0 Å². The maximum absolute atomic E-state index is 9.11. The molecule has 0 spiro atoms. The van der Waals surface area contributed by atoms with Crippen LogP contribution in [-0.2, 0) is 20.2 Å². The van der Waals surface area contributed by atoms with Gasteiger partial charge in [0.15, 0.2) is 0 Å². The third-order valence-electron chi connectivity index (χ3n) is 0.591. The summed E-state index contributed by atoms with van der Waals surface area (Å²) in [6, 6.07) is 0. The number of hydrogen-bond acceptors (Lipinski definition) is 3. The average molecular weight is 188 g/mol. The lowest BCUT2D eigenvalue weighted by Crippen LogP contribution is -1.93. The molecule has 0 rings (SSSR count). The summed E-state index contributed by atoms with van der Waals surface area (Å²) in [6.45, 7) is 3.73. The molecule has 64 valence electrons. The van der Waals surface area contributed by atoms with E-state index in [0.29, 0.717) is 0 Å². The lowest BCUT2D eigenvalue weighted by atomic mass is 10.3. The van der Waals surface area contributed by atoms with Crippen molar-refractivity contribution in [2.45, 2.75) is 26.4 Å². The Labute approximate surface area is 65.6 Å². The largest absolute Gasteiger partial charge is 0.393 e. The van der Waals surface area contributed by atoms with Crippen LogP contribution in [0, 0.1) is 0 Å². The van der Waals surface area contributed by atoms with Crippen molar-refractivity contribution in [2.24, 2.45) is 0 Å². The van der Waals surface area contributed by atoms with E-state index in [2.05, 4.69) is 11.2 Å². The van der Waals surface area contributed by atoms with Gasteiger partial charge in [-0.1, -0.05) is 6.92 Å². The third kappa shape index (κ3) is 85.7. The highest BCUT2D eigenvalue weighted by atomic mass is 32.9. The van der Waals surface area contributed by atoms with Crippen molar-refractivity contribution in [3.63, 3.8) is 0 Å². The van der Waals surface area contributed by atoms with Crippen LogP contribution in [0.15, 0.2) is 0 Å². The van der Waals surface area contributed by atoms with Crippen LogP contribution >= 0.6 is 0 Å². The molecule has 0 radical (unpaired) electrons. The maximum atomic E-state index is 9.11. The molecule has 0 aromatic carbocycles. The minimum absolute atomic E-state index is 0.116. The van der Waals surface area contributed by atoms with Crippen molar-refractivity contribution in [3.05, 3.63) is 0 Å². The van der Waals surface area contributed by atoms with E-state index < -0.39 is 9.05 Å². The molecule has 0 saturated carbocycles. The monoisotopic (exact) mass is 188 g/mol. The molecule has 4 nitrogen and oxygen atoms in total. The molecule has 0 amide bonds. The lowest BCUT2D eigenvalue weighted by molar-refractivity contribution is 0.191. The quantitative estimate of drug-likeness (QED) is 0.557. The van der Waals surface area contributed by atoms with Gasteiger partial charge in [-0.2, -0.15) is 4.21 Å². The second-order valence-electron chi connectivity index (χ2n) is 1.71. The zero-order chi connectivity index (χ0) is 8.78. The van der Waals surface area contributed by atoms with E-state index >= 15 is 0 Å². The minimum atomic E-state index is -3.83. The number of rotatable bonds is 1. The van der Waals surface area contributed by atoms with Gasteiger partial charge in [-0.05, 0) is 13.3 Å². The summed E-state index contributed by atoms with van der Waals surface area (Å²) in [7, 11) is -3.83. The van der Waals surface area contributed by atoms with Crippen LogP contribution in [0.25, 0.3) is 0 Å². The Kier molecular flexibility index (Phi) is 7.72. The molecular formula is C4H12O4S2. The molecule has 0 aliphatic heterocycles. The molecule has 10 heavy (non-hydrogen) atoms. The van der Waals surface area contributed by atoms with Gasteiger partial charge < -0.3 is 5.11 Å². The Hall–Kier alpha value is 0.250. The second kappa shape index (κ2) is 5.99. The first-order valence-corrected chi connectivity index (χ1v) is 5.05. The Morgan fingerprint density at radius 1 is 1.60 bits per heavy atom. The van der Waals surface area contributed by atoms with Gasteiger partial charge in [0, 0.05) is 11.2 Å². The van der Waals surface area contributed by atoms with Crippen molar-refractivity contribution in [2.75, 3.05) is 0 Å². The van der Waals surface area contributed by atoms with Gasteiger partial charge in [0.25, 0.3) is 9.05 Å². The highest BCUT2D eigenvalue weighted by molar-refractivity contribution is 8.26. The highest BCUT2D eigenvalue weighted by Crippen LogP contribution is 1.81. The fourth-order valence-corrected chi connectivity index (χ4v) is 0. The van der Waals surface area contributed by atoms with Gasteiger partial charge in [0.05, 0.1) is 6.10 Å². The molecule has 0 aromatic heterocycles. The van der Waals surface area contributed by atoms with Crippen molar-refractivity contribution in [1.82, 2.24) is 0 Å². The van der Waals surface area contributed by atoms with Gasteiger partial charge in [0.1, 0.15) is 0 Å². The van der Waals surface area contributed by atoms with Crippen LogP contribution in [0.4, 0.5) is 0 Å². The number of aliphatic hydroxyl groups excluding tert-OH is 1. The van der Waals surface area contributed by atoms with Crippen LogP contribution in [0.1, 0.15) is 20.3 Å². The average Bonchev–Trinajstić information content (AvgIpc) is 1.61. The molecule has 3 N–H and O–H groups in total. The summed E-state index contributed by atoms with van der Waals surface area (Å²) < 4.78 is 24.0. The van der Waals surface area contributed by atoms with Crippen LogP contribution in [0.2, 0.25) is 0 Å². The predicted octanol–water partition coefficient (Wildman–Crippen LogP) is 0.456. The van der Waals surface area contributed by atoms with Crippen molar-refractivity contribution >= 4 is 20.2 Å². The summed E-state index contributed by atoms with van der Waals surface area (Å²) in [4.78, 5) is 0. The summed E-state index contributed by atoms with van der Waals surface area (Å²) >= 11 is 3.47. The fraction of sp³-hybridized carbons (Fsp3) is 1.00. The summed E-state index contributed by atoms with van der Waals surface area (Å²) in [6.07, 6.45) is 0.745. The Morgan fingerprint density at radius 3 is 1.70 bits per heavy atom. The van der Waals surface area contributed by atoms with Crippen LogP contribution in [0.5, 0.6) is 0 Å². The smallest absolute Gasteiger partial charge is 0.263 e. The Bertz CT molecular complexity index is 141. The van der Waals surface area contributed by atoms with E-state index in [1.165, 1.54) is 0 Å². The molecule has 0 aliphatic rings. The molecule has 1 unspecified atom stereocenters. The first kappa shape index (κ1) is 12.9. The van der Waals surface area contributed by atoms with E-state index in [1.54, 1.807) is 6.92 Å².